The third kappa shape index (κ3) is 9.82. The Hall–Kier alpha value is -6.13. The summed E-state index contributed by atoms with van der Waals surface area (Å²) >= 11 is 0. The first-order chi connectivity index (χ1) is 30.8. The number of carbonyl (C=O) groups is 3. The lowest BCUT2D eigenvalue weighted by molar-refractivity contribution is -0.116. The molecule has 340 valence electrons. The van der Waals surface area contributed by atoms with E-state index in [1.165, 1.54) is 5.56 Å². The number of alkyl halides is 1. The molecule has 2 aromatic carbocycles. The molecule has 3 aliphatic heterocycles. The van der Waals surface area contributed by atoms with Crippen LogP contribution in [0.25, 0.3) is 16.7 Å². The molecule has 1 aliphatic carbocycles. The minimum absolute atomic E-state index is 0.0550. The zero-order valence-corrected chi connectivity index (χ0v) is 36.7. The van der Waals surface area contributed by atoms with Crippen molar-refractivity contribution in [2.24, 2.45) is 29.0 Å². The lowest BCUT2D eigenvalue weighted by Crippen LogP contribution is -2.53. The number of aromatic hydroxyl groups is 1. The monoisotopic (exact) mass is 876 g/mol. The molecule has 3 unspecified atom stereocenters. The summed E-state index contributed by atoms with van der Waals surface area (Å²) in [7, 11) is 0. The number of nitrogens with zero attached hydrogens (tertiary/aromatic N) is 5. The molecule has 3 amide bonds. The van der Waals surface area contributed by atoms with Crippen LogP contribution < -0.4 is 27.8 Å². The van der Waals surface area contributed by atoms with Crippen LogP contribution in [0.5, 0.6) is 5.75 Å². The highest BCUT2D eigenvalue weighted by atomic mass is 19.1. The number of ether oxygens (including phenoxy) is 1. The van der Waals surface area contributed by atoms with Gasteiger partial charge in [0.15, 0.2) is 0 Å². The van der Waals surface area contributed by atoms with Crippen LogP contribution in [0.1, 0.15) is 91.1 Å². The van der Waals surface area contributed by atoms with Crippen LogP contribution in [0.4, 0.5) is 10.1 Å². The van der Waals surface area contributed by atoms with Crippen molar-refractivity contribution in [1.82, 2.24) is 29.6 Å². The smallest absolute Gasteiger partial charge is 0.253 e. The molecule has 8 rings (SSSR count). The number of anilines is 1. The van der Waals surface area contributed by atoms with Gasteiger partial charge in [0.05, 0.1) is 24.2 Å². The number of phenolic OH excluding ortho intramolecular Hbond substituents is 1. The summed E-state index contributed by atoms with van der Waals surface area (Å²) in [6, 6.07) is 16.4. The fourth-order valence-corrected chi connectivity index (χ4v) is 10.0. The molecular weight excluding hydrogens is 816 g/mol. The second kappa shape index (κ2) is 18.9. The highest BCUT2D eigenvalue weighted by Gasteiger charge is 2.42. The van der Waals surface area contributed by atoms with Crippen LogP contribution >= 0.6 is 0 Å². The van der Waals surface area contributed by atoms with Crippen LogP contribution in [-0.4, -0.2) is 112 Å². The highest BCUT2D eigenvalue weighted by Crippen LogP contribution is 2.46. The number of amides is 3. The molecule has 4 fully saturated rings. The molecule has 1 saturated carbocycles. The molecule has 3 atom stereocenters. The first-order valence-corrected chi connectivity index (χ1v) is 22.5. The Morgan fingerprint density at radius 2 is 1.70 bits per heavy atom. The minimum atomic E-state index is -1.40. The van der Waals surface area contributed by atoms with Gasteiger partial charge in [0.2, 0.25) is 12.3 Å². The van der Waals surface area contributed by atoms with Crippen molar-refractivity contribution in [3.05, 3.63) is 107 Å². The second-order valence-corrected chi connectivity index (χ2v) is 18.2. The summed E-state index contributed by atoms with van der Waals surface area (Å²) in [5.41, 5.74) is 22.8. The molecule has 64 heavy (non-hydrogen) atoms. The number of phenols is 1. The number of piperidine rings is 2. The van der Waals surface area contributed by atoms with Crippen LogP contribution in [0, 0.1) is 11.8 Å². The number of likely N-dealkylation sites (tertiary alicyclic amines) is 2. The number of para-hydroxylation sites is 1. The topological polar surface area (TPSA) is 210 Å². The maximum absolute atomic E-state index is 16.7. The van der Waals surface area contributed by atoms with E-state index in [0.717, 1.165) is 42.5 Å². The molecule has 2 aromatic heterocycles. The van der Waals surface area contributed by atoms with Gasteiger partial charge >= 0.3 is 0 Å². The molecule has 3 saturated heterocycles. The fourth-order valence-electron chi connectivity index (χ4n) is 10.0. The van der Waals surface area contributed by atoms with Gasteiger partial charge in [0.1, 0.15) is 29.0 Å². The van der Waals surface area contributed by atoms with Gasteiger partial charge in [-0.15, -0.1) is 0 Å². The summed E-state index contributed by atoms with van der Waals surface area (Å²) in [4.78, 5) is 47.7. The maximum atomic E-state index is 16.7. The van der Waals surface area contributed by atoms with Gasteiger partial charge in [0, 0.05) is 106 Å². The number of fused-ring (bicyclic) bond motifs is 1. The first kappa shape index (κ1) is 44.5. The van der Waals surface area contributed by atoms with E-state index >= 15 is 4.39 Å². The minimum Gasteiger partial charge on any atom is -0.507 e. The summed E-state index contributed by atoms with van der Waals surface area (Å²) in [6.45, 7) is 8.66. The number of benzene rings is 2. The van der Waals surface area contributed by atoms with Crippen LogP contribution in [-0.2, 0) is 14.3 Å². The number of hydrogen-bond donors (Lipinski definition) is 6. The average Bonchev–Trinajstić information content (AvgIpc) is 4.06. The van der Waals surface area contributed by atoms with Gasteiger partial charge in [-0.2, -0.15) is 0 Å². The number of halogens is 1. The SMILES string of the molecule is CC1CN(CC2(F)CCN(C(=O)c3ccc(C4CN(C(/C=C(\N)c5ccccc5O)=C(N)N)CCO4)cc3)CC2)CC(C)C1n1cc(C2CC2)c2cc(NC(=O)CCNC=O)cnc21. The zero-order valence-electron chi connectivity index (χ0n) is 36.7. The molecule has 0 spiro atoms. The Morgan fingerprint density at radius 3 is 2.38 bits per heavy atom. The first-order valence-electron chi connectivity index (χ1n) is 22.5. The van der Waals surface area contributed by atoms with Crippen molar-refractivity contribution in [3.8, 4) is 5.75 Å². The van der Waals surface area contributed by atoms with E-state index in [0.29, 0.717) is 79.9 Å². The Labute approximate surface area is 373 Å². The average molecular weight is 877 g/mol. The van der Waals surface area contributed by atoms with E-state index in [4.69, 9.17) is 26.9 Å². The standard InChI is InChI=1S/C48H61FN10O5/c1-30-24-56(25-31(2)44(30)59-26-38(32-7-8-32)37-21-35(23-54-46(37)59)55-43(62)13-16-53-29-60)28-48(49)14-17-57(18-15-48)47(63)34-11-9-33(10-12-34)42-27-58(19-20-64-42)40(45(51)52)22-39(50)36-5-3-4-6-41(36)61/h3-6,9-12,21-23,26,29-32,42,44,61H,7-8,13-20,24-25,27-28,50-52H2,1-2H3,(H,53,60)(H,55,62)/b39-22-. The molecule has 0 radical (unpaired) electrons. The highest BCUT2D eigenvalue weighted by molar-refractivity contribution is 5.95. The van der Waals surface area contributed by atoms with Crippen molar-refractivity contribution < 1.29 is 28.6 Å². The summed E-state index contributed by atoms with van der Waals surface area (Å²) in [5.74, 6) is 0.795. The Kier molecular flexibility index (Phi) is 13.1. The van der Waals surface area contributed by atoms with Gasteiger partial charge in [0.25, 0.3) is 5.91 Å². The van der Waals surface area contributed by atoms with E-state index in [1.807, 2.05) is 23.1 Å². The van der Waals surface area contributed by atoms with E-state index < -0.39 is 5.67 Å². The van der Waals surface area contributed by atoms with Crippen molar-refractivity contribution in [2.45, 2.75) is 69.7 Å². The Morgan fingerprint density at radius 1 is 0.984 bits per heavy atom. The number of nitrogens with two attached hydrogens (primary N) is 3. The molecule has 4 aromatic rings. The normalized spacial score (nSPS) is 22.8. The Bertz CT molecular complexity index is 2390. The number of carbonyl (C=O) groups excluding carboxylic acids is 3. The largest absolute Gasteiger partial charge is 0.507 e. The predicted molar refractivity (Wildman–Crippen MR) is 244 cm³/mol. The number of hydrogen-bond acceptors (Lipinski definition) is 11. The third-order valence-electron chi connectivity index (χ3n) is 13.4. The molecule has 15 nitrogen and oxygen atoms in total. The molecule has 4 aliphatic rings. The second-order valence-electron chi connectivity index (χ2n) is 18.2. The van der Waals surface area contributed by atoms with Crippen molar-refractivity contribution in [3.63, 3.8) is 0 Å². The Balaban J connectivity index is 0.852. The van der Waals surface area contributed by atoms with Crippen molar-refractivity contribution in [1.29, 1.82) is 0 Å². The van der Waals surface area contributed by atoms with Crippen LogP contribution in [0.15, 0.2) is 84.6 Å². The maximum Gasteiger partial charge on any atom is 0.253 e. The zero-order chi connectivity index (χ0) is 45.1. The third-order valence-corrected chi connectivity index (χ3v) is 13.4. The van der Waals surface area contributed by atoms with E-state index in [9.17, 15) is 19.5 Å². The molecule has 0 bridgehead atoms. The lowest BCUT2D eigenvalue weighted by Gasteiger charge is -2.45. The van der Waals surface area contributed by atoms with E-state index in [1.54, 1.807) is 53.6 Å². The van der Waals surface area contributed by atoms with Crippen molar-refractivity contribution in [2.75, 3.05) is 64.3 Å². The summed E-state index contributed by atoms with van der Waals surface area (Å²) < 4.78 is 25.1. The van der Waals surface area contributed by atoms with Gasteiger partial charge < -0.3 is 52.0 Å². The molecule has 9 N–H and O–H groups in total. The molecule has 16 heteroatoms. The fraction of sp³-hybridized carbons (Fsp3) is 0.458. The van der Waals surface area contributed by atoms with Gasteiger partial charge in [-0.3, -0.25) is 19.3 Å². The number of pyridine rings is 1. The lowest BCUT2D eigenvalue weighted by atomic mass is 9.84. The quantitative estimate of drug-likeness (QED) is 0.0569. The van der Waals surface area contributed by atoms with Crippen molar-refractivity contribution >= 4 is 40.6 Å². The number of nitrogens with one attached hydrogen (secondary N) is 2. The van der Waals surface area contributed by atoms with Gasteiger partial charge in [-0.1, -0.05) is 38.1 Å². The number of aromatic nitrogens is 2. The summed E-state index contributed by atoms with van der Waals surface area (Å²) in [5, 5.41) is 16.8. The van der Waals surface area contributed by atoms with E-state index in [2.05, 4.69) is 40.1 Å². The van der Waals surface area contributed by atoms with E-state index in [-0.39, 0.29) is 73.2 Å². The summed E-state index contributed by atoms with van der Waals surface area (Å²) in [6.07, 6.45) is 8.89. The van der Waals surface area contributed by atoms with Gasteiger partial charge in [-0.25, -0.2) is 9.37 Å². The number of allylic oxidation sites excluding steroid dienone is 1. The number of rotatable bonds is 14. The molecular formula is C48H61FN10O5. The predicted octanol–water partition coefficient (Wildman–Crippen LogP) is 4.93. The van der Waals surface area contributed by atoms with Gasteiger partial charge in [-0.05, 0) is 78.1 Å². The number of morpholine rings is 1. The van der Waals surface area contributed by atoms with Crippen LogP contribution in [0.3, 0.4) is 0 Å². The van der Waals surface area contributed by atoms with Crippen LogP contribution in [0.2, 0.25) is 0 Å². The molecule has 5 heterocycles.